The Kier molecular flexibility index (Phi) is 6.57. The molecule has 2 aromatic rings. The molecule has 0 aliphatic rings. The number of ether oxygens (including phenoxy) is 2. The number of nitrogens with one attached hydrogen (secondary N) is 1. The quantitative estimate of drug-likeness (QED) is 0.719. The fourth-order valence-corrected chi connectivity index (χ4v) is 3.14. The van der Waals surface area contributed by atoms with E-state index in [0.29, 0.717) is 0 Å². The fraction of sp³-hybridized carbons (Fsp3) is 0.389. The van der Waals surface area contributed by atoms with Crippen molar-refractivity contribution in [1.29, 1.82) is 0 Å². The summed E-state index contributed by atoms with van der Waals surface area (Å²) in [6, 6.07) is 4.47. The van der Waals surface area contributed by atoms with Crippen LogP contribution in [0.4, 0.5) is 0 Å². The van der Waals surface area contributed by atoms with Crippen molar-refractivity contribution < 1.29 is 24.2 Å². The van der Waals surface area contributed by atoms with Gasteiger partial charge >= 0.3 is 5.97 Å². The second kappa shape index (κ2) is 8.66. The molecule has 26 heavy (non-hydrogen) atoms. The molecule has 0 bridgehead atoms. The third kappa shape index (κ3) is 4.51. The van der Waals surface area contributed by atoms with E-state index in [2.05, 4.69) is 10.3 Å². The molecular formula is C18H22N2O5S. The maximum Gasteiger partial charge on any atom is 0.328 e. The molecule has 0 saturated carbocycles. The van der Waals surface area contributed by atoms with E-state index < -0.39 is 17.9 Å². The molecule has 0 aliphatic heterocycles. The second-order valence-electron chi connectivity index (χ2n) is 5.85. The van der Waals surface area contributed by atoms with E-state index in [-0.39, 0.29) is 29.2 Å². The Labute approximate surface area is 156 Å². The van der Waals surface area contributed by atoms with E-state index >= 15 is 0 Å². The molecule has 0 fully saturated rings. The van der Waals surface area contributed by atoms with Gasteiger partial charge < -0.3 is 19.9 Å². The number of aromatic nitrogens is 1. The average molecular weight is 378 g/mol. The van der Waals surface area contributed by atoms with Crippen LogP contribution in [0.25, 0.3) is 0 Å². The van der Waals surface area contributed by atoms with Gasteiger partial charge in [-0.15, -0.1) is 11.3 Å². The first-order valence-electron chi connectivity index (χ1n) is 8.11. The van der Waals surface area contributed by atoms with Gasteiger partial charge in [0.2, 0.25) is 0 Å². The number of rotatable bonds is 7. The standard InChI is InChI=1S/C18H22N2O5S/c1-10(14-6-5-9-26-14)12(3)25-18(23)11(2)20-17(22)15-16(21)13(24-4)7-8-19-15/h5-12,21H,1-4H3,(H,20,22). The fourth-order valence-electron chi connectivity index (χ4n) is 2.26. The van der Waals surface area contributed by atoms with Crippen molar-refractivity contribution in [3.63, 3.8) is 0 Å². The van der Waals surface area contributed by atoms with Crippen LogP contribution in [-0.2, 0) is 9.53 Å². The molecule has 2 aromatic heterocycles. The number of hydrogen-bond donors (Lipinski definition) is 2. The third-order valence-corrected chi connectivity index (χ3v) is 5.09. The number of nitrogens with zero attached hydrogens (tertiary/aromatic N) is 1. The molecule has 2 heterocycles. The van der Waals surface area contributed by atoms with Crippen molar-refractivity contribution in [2.24, 2.45) is 0 Å². The zero-order valence-corrected chi connectivity index (χ0v) is 15.9. The van der Waals surface area contributed by atoms with E-state index in [0.717, 1.165) is 4.88 Å². The summed E-state index contributed by atoms with van der Waals surface area (Å²) < 4.78 is 10.4. The Morgan fingerprint density at radius 2 is 2.00 bits per heavy atom. The molecule has 3 atom stereocenters. The molecule has 2 N–H and O–H groups in total. The molecule has 2 rings (SSSR count). The van der Waals surface area contributed by atoms with Crippen LogP contribution in [0.15, 0.2) is 29.8 Å². The lowest BCUT2D eigenvalue weighted by atomic mass is 10.0. The van der Waals surface area contributed by atoms with E-state index in [1.165, 1.54) is 26.3 Å². The van der Waals surface area contributed by atoms with Gasteiger partial charge in [0.15, 0.2) is 17.2 Å². The molecule has 1 amide bonds. The lowest BCUT2D eigenvalue weighted by molar-refractivity contribution is -0.150. The first-order valence-corrected chi connectivity index (χ1v) is 8.99. The van der Waals surface area contributed by atoms with E-state index in [4.69, 9.17) is 9.47 Å². The van der Waals surface area contributed by atoms with Crippen LogP contribution in [0.2, 0.25) is 0 Å². The zero-order chi connectivity index (χ0) is 19.3. The Bertz CT molecular complexity index is 763. The van der Waals surface area contributed by atoms with Crippen molar-refractivity contribution in [3.05, 3.63) is 40.3 Å². The van der Waals surface area contributed by atoms with Gasteiger partial charge in [0, 0.05) is 23.1 Å². The van der Waals surface area contributed by atoms with Crippen molar-refractivity contribution in [2.75, 3.05) is 7.11 Å². The summed E-state index contributed by atoms with van der Waals surface area (Å²) in [6.45, 7) is 5.30. The Balaban J connectivity index is 1.97. The number of hydrogen-bond acceptors (Lipinski definition) is 7. The minimum Gasteiger partial charge on any atom is -0.503 e. The monoisotopic (exact) mass is 378 g/mol. The number of aromatic hydroxyl groups is 1. The topological polar surface area (TPSA) is 97.8 Å². The number of esters is 1. The predicted octanol–water partition coefficient (Wildman–Crippen LogP) is 2.71. The van der Waals surface area contributed by atoms with Crippen molar-refractivity contribution in [2.45, 2.75) is 38.8 Å². The Morgan fingerprint density at radius 3 is 2.62 bits per heavy atom. The van der Waals surface area contributed by atoms with E-state index in [1.807, 2.05) is 31.4 Å². The highest BCUT2D eigenvalue weighted by molar-refractivity contribution is 7.10. The maximum absolute atomic E-state index is 12.3. The first kappa shape index (κ1) is 19.7. The minimum atomic E-state index is -0.895. The van der Waals surface area contributed by atoms with Crippen LogP contribution < -0.4 is 10.1 Å². The van der Waals surface area contributed by atoms with Crippen LogP contribution in [0.3, 0.4) is 0 Å². The molecule has 0 radical (unpaired) electrons. The van der Waals surface area contributed by atoms with Crippen LogP contribution in [0.1, 0.15) is 42.1 Å². The third-order valence-electron chi connectivity index (χ3n) is 4.02. The number of carbonyl (C=O) groups is 2. The lowest BCUT2D eigenvalue weighted by Gasteiger charge is -2.22. The number of carbonyl (C=O) groups excluding carboxylic acids is 2. The average Bonchev–Trinajstić information content (AvgIpc) is 3.15. The molecule has 0 aromatic carbocycles. The zero-order valence-electron chi connectivity index (χ0n) is 15.1. The van der Waals surface area contributed by atoms with E-state index in [1.54, 1.807) is 11.3 Å². The van der Waals surface area contributed by atoms with Crippen molar-refractivity contribution in [1.82, 2.24) is 10.3 Å². The van der Waals surface area contributed by atoms with Gasteiger partial charge in [-0.1, -0.05) is 13.0 Å². The second-order valence-corrected chi connectivity index (χ2v) is 6.83. The summed E-state index contributed by atoms with van der Waals surface area (Å²) in [4.78, 5) is 29.5. The highest BCUT2D eigenvalue weighted by atomic mass is 32.1. The van der Waals surface area contributed by atoms with Gasteiger partial charge in [0.25, 0.3) is 5.91 Å². The molecular weight excluding hydrogens is 356 g/mol. The number of thiophene rings is 1. The lowest BCUT2D eigenvalue weighted by Crippen LogP contribution is -2.41. The highest BCUT2D eigenvalue weighted by Crippen LogP contribution is 2.28. The number of methoxy groups -OCH3 is 1. The highest BCUT2D eigenvalue weighted by Gasteiger charge is 2.25. The molecule has 140 valence electrons. The van der Waals surface area contributed by atoms with Crippen LogP contribution >= 0.6 is 11.3 Å². The van der Waals surface area contributed by atoms with Crippen LogP contribution in [0.5, 0.6) is 11.5 Å². The summed E-state index contributed by atoms with van der Waals surface area (Å²) >= 11 is 1.60. The van der Waals surface area contributed by atoms with Gasteiger partial charge in [-0.05, 0) is 25.3 Å². The van der Waals surface area contributed by atoms with Gasteiger partial charge in [-0.2, -0.15) is 0 Å². The van der Waals surface area contributed by atoms with Crippen molar-refractivity contribution in [3.8, 4) is 11.5 Å². The summed E-state index contributed by atoms with van der Waals surface area (Å²) in [7, 11) is 1.37. The molecule has 0 saturated heterocycles. The summed E-state index contributed by atoms with van der Waals surface area (Å²) in [5.41, 5.74) is -0.219. The van der Waals surface area contributed by atoms with Gasteiger partial charge in [0.1, 0.15) is 12.1 Å². The molecule has 3 unspecified atom stereocenters. The van der Waals surface area contributed by atoms with Gasteiger partial charge in [-0.25, -0.2) is 9.78 Å². The SMILES string of the molecule is COc1ccnc(C(=O)NC(C)C(=O)OC(C)C(C)c2cccs2)c1O. The van der Waals surface area contributed by atoms with Gasteiger partial charge in [0.05, 0.1) is 7.11 Å². The van der Waals surface area contributed by atoms with Crippen LogP contribution in [-0.4, -0.2) is 41.2 Å². The molecule has 0 spiro atoms. The Morgan fingerprint density at radius 1 is 1.27 bits per heavy atom. The minimum absolute atomic E-state index is 0.0472. The molecule has 0 aliphatic carbocycles. The summed E-state index contributed by atoms with van der Waals surface area (Å²) in [6.07, 6.45) is 0.991. The van der Waals surface area contributed by atoms with Crippen LogP contribution in [0, 0.1) is 0 Å². The number of amides is 1. The smallest absolute Gasteiger partial charge is 0.328 e. The van der Waals surface area contributed by atoms with Gasteiger partial charge in [-0.3, -0.25) is 4.79 Å². The first-order chi connectivity index (χ1) is 12.3. The van der Waals surface area contributed by atoms with E-state index in [9.17, 15) is 14.7 Å². The molecule has 7 nitrogen and oxygen atoms in total. The predicted molar refractivity (Wildman–Crippen MR) is 97.7 cm³/mol. The summed E-state index contributed by atoms with van der Waals surface area (Å²) in [5.74, 6) is -1.46. The Hall–Kier alpha value is -2.61. The number of pyridine rings is 1. The van der Waals surface area contributed by atoms with Crippen molar-refractivity contribution >= 4 is 23.2 Å². The summed E-state index contributed by atoms with van der Waals surface area (Å²) in [5, 5.41) is 14.4. The normalized spacial score (nSPS) is 14.2. The molecule has 8 heteroatoms. The largest absolute Gasteiger partial charge is 0.503 e. The maximum atomic E-state index is 12.3.